The molecule has 0 bridgehead atoms. The van der Waals surface area contributed by atoms with Gasteiger partial charge in [0.1, 0.15) is 0 Å². The third-order valence-electron chi connectivity index (χ3n) is 4.70. The summed E-state index contributed by atoms with van der Waals surface area (Å²) in [6.07, 6.45) is 24.0. The highest BCUT2D eigenvalue weighted by atomic mass is 19.0. The second-order valence-electron chi connectivity index (χ2n) is 6.91. The Kier molecular flexibility index (Phi) is 29.0. The molecule has 1 unspecified atom stereocenters. The molecule has 0 amide bonds. The maximum absolute atomic E-state index is 5.93. The lowest BCUT2D eigenvalue weighted by molar-refractivity contribution is 0.510. The van der Waals surface area contributed by atoms with E-state index in [1.807, 2.05) is 0 Å². The maximum atomic E-state index is 5.93. The fraction of sp³-hybridized carbons (Fsp3) is 1.00. The van der Waals surface area contributed by atoms with Gasteiger partial charge in [0.25, 0.3) is 0 Å². The van der Waals surface area contributed by atoms with Gasteiger partial charge in [-0.3, -0.25) is 9.41 Å². The number of hydrogen-bond acceptors (Lipinski definition) is 1. The lowest BCUT2D eigenvalue weighted by Gasteiger charge is -2.07. The van der Waals surface area contributed by atoms with Crippen molar-refractivity contribution in [3.8, 4) is 0 Å². The smallest absolute Gasteiger partial charge is 0.00362 e. The van der Waals surface area contributed by atoms with Crippen molar-refractivity contribution in [3.63, 3.8) is 0 Å². The van der Waals surface area contributed by atoms with E-state index in [1.54, 1.807) is 0 Å². The number of halogens is 2. The first-order valence-electron chi connectivity index (χ1n) is 10.1. The summed E-state index contributed by atoms with van der Waals surface area (Å²) in [5.41, 5.74) is 5.93. The van der Waals surface area contributed by atoms with Gasteiger partial charge in [0.2, 0.25) is 0 Å². The summed E-state index contributed by atoms with van der Waals surface area (Å²) in [7, 11) is 0. The van der Waals surface area contributed by atoms with Gasteiger partial charge in [-0.05, 0) is 12.8 Å². The van der Waals surface area contributed by atoms with E-state index in [2.05, 4.69) is 13.8 Å². The highest BCUT2D eigenvalue weighted by molar-refractivity contribution is 4.58. The predicted octanol–water partition coefficient (Wildman–Crippen LogP) is 7.29. The molecule has 0 spiro atoms. The van der Waals surface area contributed by atoms with Crippen molar-refractivity contribution < 1.29 is 9.41 Å². The van der Waals surface area contributed by atoms with Crippen LogP contribution in [0.15, 0.2) is 0 Å². The first kappa shape index (κ1) is 27.7. The van der Waals surface area contributed by atoms with Gasteiger partial charge in [0.15, 0.2) is 0 Å². The Morgan fingerprint density at radius 3 is 1.13 bits per heavy atom. The van der Waals surface area contributed by atoms with Crippen LogP contribution in [0.2, 0.25) is 0 Å². The largest absolute Gasteiger partial charge is 0.328 e. The highest BCUT2D eigenvalue weighted by Crippen LogP contribution is 2.14. The van der Waals surface area contributed by atoms with Crippen LogP contribution >= 0.6 is 0 Å². The van der Waals surface area contributed by atoms with E-state index in [9.17, 15) is 0 Å². The summed E-state index contributed by atoms with van der Waals surface area (Å²) >= 11 is 0. The summed E-state index contributed by atoms with van der Waals surface area (Å²) in [6, 6.07) is 0.451. The average Bonchev–Trinajstić information content (AvgIpc) is 2.50. The number of unbranched alkanes of at least 4 members (excludes halogenated alkanes) is 14. The molecular formula is C20H45F2N. The molecule has 0 heterocycles. The van der Waals surface area contributed by atoms with Gasteiger partial charge in [-0.25, -0.2) is 0 Å². The predicted molar refractivity (Wildman–Crippen MR) is 103 cm³/mol. The number of rotatable bonds is 17. The van der Waals surface area contributed by atoms with Crippen molar-refractivity contribution in [3.05, 3.63) is 0 Å². The second-order valence-corrected chi connectivity index (χ2v) is 6.91. The van der Waals surface area contributed by atoms with Crippen molar-refractivity contribution in [2.24, 2.45) is 5.73 Å². The van der Waals surface area contributed by atoms with E-state index in [1.165, 1.54) is 103 Å². The fourth-order valence-electron chi connectivity index (χ4n) is 2.98. The summed E-state index contributed by atoms with van der Waals surface area (Å²) < 4.78 is 0. The third-order valence-corrected chi connectivity index (χ3v) is 4.70. The van der Waals surface area contributed by atoms with Crippen LogP contribution in [-0.4, -0.2) is 6.04 Å². The number of nitrogens with two attached hydrogens (primary N) is 1. The van der Waals surface area contributed by atoms with Crippen LogP contribution in [0.25, 0.3) is 0 Å². The van der Waals surface area contributed by atoms with Crippen LogP contribution in [0.5, 0.6) is 0 Å². The van der Waals surface area contributed by atoms with Gasteiger partial charge in [0.05, 0.1) is 0 Å². The molecule has 23 heavy (non-hydrogen) atoms. The van der Waals surface area contributed by atoms with E-state index < -0.39 is 0 Å². The molecule has 0 saturated heterocycles. The molecule has 1 atom stereocenters. The third kappa shape index (κ3) is 24.2. The van der Waals surface area contributed by atoms with Crippen LogP contribution in [0, 0.1) is 0 Å². The van der Waals surface area contributed by atoms with E-state index in [-0.39, 0.29) is 9.41 Å². The molecule has 3 heteroatoms. The molecule has 1 nitrogen and oxygen atoms in total. The zero-order chi connectivity index (χ0) is 15.6. The molecule has 0 aromatic rings. The molecule has 0 aliphatic heterocycles. The summed E-state index contributed by atoms with van der Waals surface area (Å²) in [5, 5.41) is 0. The Balaban J connectivity index is -0.00000200. The van der Waals surface area contributed by atoms with Gasteiger partial charge < -0.3 is 5.73 Å². The van der Waals surface area contributed by atoms with E-state index in [0.717, 1.165) is 6.42 Å². The fourth-order valence-corrected chi connectivity index (χ4v) is 2.98. The Hall–Kier alpha value is -0.180. The van der Waals surface area contributed by atoms with Gasteiger partial charge in [0, 0.05) is 6.04 Å². The van der Waals surface area contributed by atoms with E-state index in [4.69, 9.17) is 5.73 Å². The first-order chi connectivity index (χ1) is 10.3. The van der Waals surface area contributed by atoms with Gasteiger partial charge in [-0.15, -0.1) is 0 Å². The van der Waals surface area contributed by atoms with Crippen molar-refractivity contribution in [1.82, 2.24) is 0 Å². The first-order valence-corrected chi connectivity index (χ1v) is 10.1. The van der Waals surface area contributed by atoms with Crippen LogP contribution in [0.4, 0.5) is 9.41 Å². The molecule has 0 aromatic carbocycles. The van der Waals surface area contributed by atoms with Gasteiger partial charge in [-0.2, -0.15) is 0 Å². The van der Waals surface area contributed by atoms with Crippen LogP contribution in [-0.2, 0) is 0 Å². The molecule has 144 valence electrons. The molecular weight excluding hydrogens is 292 g/mol. The quantitative estimate of drug-likeness (QED) is 0.277. The Morgan fingerprint density at radius 1 is 0.522 bits per heavy atom. The Morgan fingerprint density at radius 2 is 0.826 bits per heavy atom. The summed E-state index contributed by atoms with van der Waals surface area (Å²) in [6.45, 7) is 4.48. The van der Waals surface area contributed by atoms with Crippen molar-refractivity contribution in [2.45, 2.75) is 129 Å². The lowest BCUT2D eigenvalue weighted by Crippen LogP contribution is -2.17. The normalized spacial score (nSPS) is 11.6. The Labute approximate surface area is 144 Å². The molecule has 0 radical (unpaired) electrons. The minimum atomic E-state index is 0. The molecule has 0 aliphatic rings. The average molecular weight is 338 g/mol. The minimum Gasteiger partial charge on any atom is -0.328 e. The molecule has 0 fully saturated rings. The molecule has 2 N–H and O–H groups in total. The van der Waals surface area contributed by atoms with Crippen LogP contribution in [0.3, 0.4) is 0 Å². The van der Waals surface area contributed by atoms with Crippen LogP contribution in [0.1, 0.15) is 123 Å². The molecule has 0 rings (SSSR count). The summed E-state index contributed by atoms with van der Waals surface area (Å²) in [5.74, 6) is 0. The van der Waals surface area contributed by atoms with Crippen molar-refractivity contribution in [1.29, 1.82) is 0 Å². The molecule has 0 saturated carbocycles. The topological polar surface area (TPSA) is 26.0 Å². The summed E-state index contributed by atoms with van der Waals surface area (Å²) in [4.78, 5) is 0. The van der Waals surface area contributed by atoms with E-state index >= 15 is 0 Å². The highest BCUT2D eigenvalue weighted by Gasteiger charge is 1.98. The van der Waals surface area contributed by atoms with Crippen LogP contribution < -0.4 is 5.73 Å². The molecule has 0 aromatic heterocycles. The standard InChI is InChI=1S/C20H43N.2FH/c1-3-5-6-7-8-9-10-11-12-13-14-15-16-17-18-19-20(21)4-2;;/h20H,3-19,21H2,1-2H3;2*1H. The van der Waals surface area contributed by atoms with Crippen molar-refractivity contribution >= 4 is 0 Å². The zero-order valence-electron chi connectivity index (χ0n) is 16.0. The maximum Gasteiger partial charge on any atom is 0.00362 e. The number of hydrogen-bond donors (Lipinski definition) is 1. The van der Waals surface area contributed by atoms with Gasteiger partial charge >= 0.3 is 0 Å². The van der Waals surface area contributed by atoms with Crippen molar-refractivity contribution in [2.75, 3.05) is 0 Å². The van der Waals surface area contributed by atoms with E-state index in [0.29, 0.717) is 6.04 Å². The second kappa shape index (κ2) is 24.1. The van der Waals surface area contributed by atoms with Gasteiger partial charge in [-0.1, -0.05) is 110 Å². The SMILES string of the molecule is CCCCCCCCCCCCCCCCCC(N)CC.F.F. The zero-order valence-corrected chi connectivity index (χ0v) is 16.0. The lowest BCUT2D eigenvalue weighted by atomic mass is 10.0. The minimum absolute atomic E-state index is 0. The molecule has 0 aliphatic carbocycles. The monoisotopic (exact) mass is 337 g/mol. The Bertz CT molecular complexity index is 188.